The smallest absolute Gasteiger partial charge is 0.307 e. The predicted molar refractivity (Wildman–Crippen MR) is 54.8 cm³/mol. The lowest BCUT2D eigenvalue weighted by Gasteiger charge is -2.13. The number of hydrogen-bond acceptors (Lipinski definition) is 3. The van der Waals surface area contributed by atoms with Gasteiger partial charge in [-0.2, -0.15) is 12.6 Å². The Bertz CT molecular complexity index is 218. The fourth-order valence-electron chi connectivity index (χ4n) is 1.60. The van der Waals surface area contributed by atoms with Crippen LogP contribution in [-0.4, -0.2) is 22.9 Å². The second-order valence-electron chi connectivity index (χ2n) is 3.50. The number of allylic oxidation sites excluding steroid dienone is 1. The second-order valence-corrected chi connectivity index (χ2v) is 3.86. The van der Waals surface area contributed by atoms with Gasteiger partial charge in [-0.1, -0.05) is 12.2 Å². The molecule has 4 heteroatoms. The number of carboxylic acid groups (broad SMARTS) is 1. The number of rotatable bonds is 4. The third kappa shape index (κ3) is 3.04. The summed E-state index contributed by atoms with van der Waals surface area (Å²) < 4.78 is 0. The van der Waals surface area contributed by atoms with Gasteiger partial charge < -0.3 is 10.8 Å². The van der Waals surface area contributed by atoms with Crippen molar-refractivity contribution in [2.24, 2.45) is 17.6 Å². The van der Waals surface area contributed by atoms with Crippen LogP contribution in [0.25, 0.3) is 0 Å². The summed E-state index contributed by atoms with van der Waals surface area (Å²) in [7, 11) is 0. The molecular formula is C9H15NO2S. The van der Waals surface area contributed by atoms with Crippen molar-refractivity contribution in [2.45, 2.75) is 18.9 Å². The molecule has 0 aromatic carbocycles. The van der Waals surface area contributed by atoms with E-state index < -0.39 is 5.97 Å². The standard InChI is InChI=1S/C9H15NO2S/c10-8-2-1-6(4-8)3-7(5-13)9(11)12/h1-2,6-8,13H,3-5,10H2,(H,11,12). The molecule has 0 spiro atoms. The highest BCUT2D eigenvalue weighted by atomic mass is 32.1. The van der Waals surface area contributed by atoms with E-state index in [0.717, 1.165) is 6.42 Å². The summed E-state index contributed by atoms with van der Waals surface area (Å²) >= 11 is 4.01. The maximum Gasteiger partial charge on any atom is 0.307 e. The average Bonchev–Trinajstić information content (AvgIpc) is 2.46. The molecular weight excluding hydrogens is 186 g/mol. The minimum Gasteiger partial charge on any atom is -0.481 e. The lowest BCUT2D eigenvalue weighted by Crippen LogP contribution is -2.20. The van der Waals surface area contributed by atoms with Crippen LogP contribution >= 0.6 is 12.6 Å². The Balaban J connectivity index is 2.39. The highest BCUT2D eigenvalue weighted by Crippen LogP contribution is 2.24. The summed E-state index contributed by atoms with van der Waals surface area (Å²) in [5.41, 5.74) is 5.67. The molecule has 1 aliphatic rings. The molecule has 0 aromatic rings. The molecule has 0 saturated carbocycles. The van der Waals surface area contributed by atoms with E-state index in [2.05, 4.69) is 12.6 Å². The monoisotopic (exact) mass is 201 g/mol. The summed E-state index contributed by atoms with van der Waals surface area (Å²) in [4.78, 5) is 10.7. The number of carboxylic acids is 1. The summed E-state index contributed by atoms with van der Waals surface area (Å²) in [5, 5.41) is 8.80. The average molecular weight is 201 g/mol. The molecule has 0 amide bonds. The topological polar surface area (TPSA) is 63.3 Å². The fraction of sp³-hybridized carbons (Fsp3) is 0.667. The van der Waals surface area contributed by atoms with E-state index in [4.69, 9.17) is 10.8 Å². The van der Waals surface area contributed by atoms with Crippen molar-refractivity contribution < 1.29 is 9.90 Å². The van der Waals surface area contributed by atoms with Crippen LogP contribution in [0.5, 0.6) is 0 Å². The molecule has 0 aromatic heterocycles. The van der Waals surface area contributed by atoms with Gasteiger partial charge in [0.05, 0.1) is 5.92 Å². The van der Waals surface area contributed by atoms with Gasteiger partial charge in [0.1, 0.15) is 0 Å². The zero-order chi connectivity index (χ0) is 9.84. The Labute approximate surface area is 83.4 Å². The van der Waals surface area contributed by atoms with E-state index in [1.165, 1.54) is 0 Å². The minimum atomic E-state index is -0.760. The second kappa shape index (κ2) is 4.67. The lowest BCUT2D eigenvalue weighted by atomic mass is 9.95. The molecule has 1 rings (SSSR count). The molecule has 13 heavy (non-hydrogen) atoms. The molecule has 0 aliphatic heterocycles. The Morgan fingerprint density at radius 1 is 1.69 bits per heavy atom. The SMILES string of the molecule is NC1C=CC(CC(CS)C(=O)O)C1. The van der Waals surface area contributed by atoms with Crippen LogP contribution in [0.1, 0.15) is 12.8 Å². The van der Waals surface area contributed by atoms with Crippen molar-refractivity contribution in [3.8, 4) is 0 Å². The molecule has 0 fully saturated rings. The van der Waals surface area contributed by atoms with E-state index in [-0.39, 0.29) is 12.0 Å². The van der Waals surface area contributed by atoms with Crippen LogP contribution in [0, 0.1) is 11.8 Å². The maximum atomic E-state index is 10.7. The van der Waals surface area contributed by atoms with E-state index >= 15 is 0 Å². The van der Waals surface area contributed by atoms with E-state index in [1.54, 1.807) is 0 Å². The van der Waals surface area contributed by atoms with Crippen LogP contribution < -0.4 is 5.73 Å². The number of nitrogens with two attached hydrogens (primary N) is 1. The molecule has 74 valence electrons. The molecule has 1 aliphatic carbocycles. The van der Waals surface area contributed by atoms with Gasteiger partial charge in [0.15, 0.2) is 0 Å². The van der Waals surface area contributed by atoms with Crippen molar-refractivity contribution >= 4 is 18.6 Å². The Hall–Kier alpha value is -0.480. The van der Waals surface area contributed by atoms with Crippen molar-refractivity contribution in [1.82, 2.24) is 0 Å². The molecule has 0 bridgehead atoms. The molecule has 3 atom stereocenters. The van der Waals surface area contributed by atoms with Gasteiger partial charge in [0, 0.05) is 11.8 Å². The van der Waals surface area contributed by atoms with Gasteiger partial charge in [-0.15, -0.1) is 0 Å². The number of carbonyl (C=O) groups is 1. The van der Waals surface area contributed by atoms with Crippen molar-refractivity contribution in [3.05, 3.63) is 12.2 Å². The predicted octanol–water partition coefficient (Wildman–Crippen LogP) is 0.910. The van der Waals surface area contributed by atoms with Gasteiger partial charge in [0.2, 0.25) is 0 Å². The van der Waals surface area contributed by atoms with Crippen LogP contribution in [0.15, 0.2) is 12.2 Å². The molecule has 0 saturated heterocycles. The lowest BCUT2D eigenvalue weighted by molar-refractivity contribution is -0.141. The number of aliphatic carboxylic acids is 1. The Morgan fingerprint density at radius 3 is 2.77 bits per heavy atom. The van der Waals surface area contributed by atoms with Gasteiger partial charge in [-0.05, 0) is 18.8 Å². The zero-order valence-electron chi connectivity index (χ0n) is 7.39. The summed E-state index contributed by atoms with van der Waals surface area (Å²) in [6.07, 6.45) is 5.49. The molecule has 0 radical (unpaired) electrons. The quantitative estimate of drug-likeness (QED) is 0.468. The fourth-order valence-corrected chi connectivity index (χ4v) is 1.91. The van der Waals surface area contributed by atoms with Crippen LogP contribution in [0.4, 0.5) is 0 Å². The number of thiol groups is 1. The van der Waals surface area contributed by atoms with E-state index in [0.29, 0.717) is 18.1 Å². The number of hydrogen-bond donors (Lipinski definition) is 3. The first kappa shape index (κ1) is 10.6. The van der Waals surface area contributed by atoms with E-state index in [9.17, 15) is 4.79 Å². The first-order chi connectivity index (χ1) is 6.13. The van der Waals surface area contributed by atoms with Crippen LogP contribution in [-0.2, 0) is 4.79 Å². The highest BCUT2D eigenvalue weighted by molar-refractivity contribution is 7.80. The third-order valence-corrected chi connectivity index (χ3v) is 2.80. The summed E-state index contributed by atoms with van der Waals surface area (Å²) in [6.45, 7) is 0. The normalized spacial score (nSPS) is 29.1. The van der Waals surface area contributed by atoms with Gasteiger partial charge in [-0.3, -0.25) is 4.79 Å². The van der Waals surface area contributed by atoms with Gasteiger partial charge in [0.25, 0.3) is 0 Å². The van der Waals surface area contributed by atoms with Gasteiger partial charge in [-0.25, -0.2) is 0 Å². The highest BCUT2D eigenvalue weighted by Gasteiger charge is 2.23. The van der Waals surface area contributed by atoms with Crippen molar-refractivity contribution in [1.29, 1.82) is 0 Å². The summed E-state index contributed by atoms with van der Waals surface area (Å²) in [5.74, 6) is -0.384. The third-order valence-electron chi connectivity index (χ3n) is 2.36. The summed E-state index contributed by atoms with van der Waals surface area (Å²) in [6, 6.07) is 0.111. The molecule has 3 nitrogen and oxygen atoms in total. The van der Waals surface area contributed by atoms with Crippen molar-refractivity contribution in [3.63, 3.8) is 0 Å². The Kier molecular flexibility index (Phi) is 3.81. The first-order valence-electron chi connectivity index (χ1n) is 4.41. The minimum absolute atomic E-state index is 0.111. The van der Waals surface area contributed by atoms with Crippen LogP contribution in [0.3, 0.4) is 0 Å². The Morgan fingerprint density at radius 2 is 2.38 bits per heavy atom. The van der Waals surface area contributed by atoms with Crippen LogP contribution in [0.2, 0.25) is 0 Å². The largest absolute Gasteiger partial charge is 0.481 e. The van der Waals surface area contributed by atoms with E-state index in [1.807, 2.05) is 12.2 Å². The zero-order valence-corrected chi connectivity index (χ0v) is 8.28. The molecule has 3 unspecified atom stereocenters. The molecule has 3 N–H and O–H groups in total. The molecule has 0 heterocycles. The van der Waals surface area contributed by atoms with Crippen molar-refractivity contribution in [2.75, 3.05) is 5.75 Å². The first-order valence-corrected chi connectivity index (χ1v) is 5.04. The maximum absolute atomic E-state index is 10.7. The van der Waals surface area contributed by atoms with Gasteiger partial charge >= 0.3 is 5.97 Å².